The molecule has 6 aliphatic rings. The van der Waals surface area contributed by atoms with Crippen LogP contribution in [0.5, 0.6) is 0 Å². The molecule has 0 saturated carbocycles. The summed E-state index contributed by atoms with van der Waals surface area (Å²) in [4.78, 5) is 32.9. The van der Waals surface area contributed by atoms with Gasteiger partial charge in [0, 0.05) is 55.6 Å². The van der Waals surface area contributed by atoms with Crippen LogP contribution in [-0.2, 0) is 9.53 Å². The van der Waals surface area contributed by atoms with Crippen LogP contribution in [0, 0.1) is 11.8 Å². The Kier molecular flexibility index (Phi) is 8.40. The van der Waals surface area contributed by atoms with Crippen molar-refractivity contribution in [2.75, 3.05) is 26.2 Å². The summed E-state index contributed by atoms with van der Waals surface area (Å²) in [5.74, 6) is -0.0555. The quantitative estimate of drug-likeness (QED) is 0.305. The van der Waals surface area contributed by atoms with E-state index in [-0.39, 0.29) is 66.6 Å². The van der Waals surface area contributed by atoms with Crippen LogP contribution in [0.3, 0.4) is 0 Å². The van der Waals surface area contributed by atoms with Crippen LogP contribution in [0.25, 0.3) is 0 Å². The largest absolute Gasteiger partial charge is 0.376 e. The first-order chi connectivity index (χ1) is 20.2. The van der Waals surface area contributed by atoms with Gasteiger partial charge in [-0.15, -0.1) is 5.53 Å². The number of hydrazine groups is 2. The Morgan fingerprint density at radius 3 is 2.67 bits per heavy atom. The van der Waals surface area contributed by atoms with Crippen LogP contribution in [0.1, 0.15) is 53.4 Å². The number of nitrogens with one attached hydrogen (secondary N) is 5. The van der Waals surface area contributed by atoms with E-state index in [1.54, 1.807) is 5.01 Å². The van der Waals surface area contributed by atoms with E-state index in [1.807, 2.05) is 29.8 Å². The molecule has 6 heterocycles. The fraction of sp³-hybridized carbons (Fsp3) is 0.793. The van der Waals surface area contributed by atoms with Crippen molar-refractivity contribution in [1.29, 1.82) is 0 Å². The highest BCUT2D eigenvalue weighted by Gasteiger charge is 2.56. The molecule has 42 heavy (non-hydrogen) atoms. The summed E-state index contributed by atoms with van der Waals surface area (Å²) in [6, 6.07) is -0.498. The lowest BCUT2D eigenvalue weighted by Crippen LogP contribution is -2.80. The van der Waals surface area contributed by atoms with Gasteiger partial charge in [0.05, 0.1) is 24.5 Å². The average Bonchev–Trinajstić information content (AvgIpc) is 3.42. The Labute approximate surface area is 248 Å². The molecule has 4 fully saturated rings. The summed E-state index contributed by atoms with van der Waals surface area (Å²) in [6.45, 7) is 14.6. The molecule has 13 heteroatoms. The van der Waals surface area contributed by atoms with Gasteiger partial charge in [0.2, 0.25) is 5.91 Å². The molecule has 0 aromatic rings. The minimum absolute atomic E-state index is 0.0335. The normalized spacial score (nSPS) is 41.0. The Morgan fingerprint density at radius 2 is 1.95 bits per heavy atom. The average molecular weight is 590 g/mol. The van der Waals surface area contributed by atoms with Crippen LogP contribution < -0.4 is 26.9 Å². The molecule has 0 spiro atoms. The van der Waals surface area contributed by atoms with Crippen LogP contribution in [0.15, 0.2) is 24.6 Å². The first-order valence-corrected chi connectivity index (χ1v) is 15.7. The molecule has 10 atom stereocenters. The molecule has 6 rings (SSSR count). The van der Waals surface area contributed by atoms with Crippen molar-refractivity contribution < 1.29 is 18.7 Å². The number of carbonyl (C=O) groups is 2. The van der Waals surface area contributed by atoms with E-state index in [1.165, 1.54) is 6.08 Å². The van der Waals surface area contributed by atoms with Gasteiger partial charge < -0.3 is 30.6 Å². The number of piperidine rings is 2. The molecule has 0 aromatic carbocycles. The number of hydrogen-bond donors (Lipinski definition) is 5. The maximum absolute atomic E-state index is 16.2. The number of allylic oxidation sites excluding steroid dienone is 1. The number of carbonyl (C=O) groups excluding carboxylic acids is 2. The number of rotatable bonds is 3. The molecule has 0 aliphatic carbocycles. The van der Waals surface area contributed by atoms with Gasteiger partial charge in [-0.1, -0.05) is 20.4 Å². The highest BCUT2D eigenvalue weighted by Crippen LogP contribution is 2.38. The number of ether oxygens (including phenoxy) is 1. The summed E-state index contributed by atoms with van der Waals surface area (Å²) in [7, 11) is 0. The first kappa shape index (κ1) is 29.6. The Hall–Kier alpha value is -2.45. The van der Waals surface area contributed by atoms with Crippen LogP contribution >= 0.6 is 0 Å². The highest BCUT2D eigenvalue weighted by molar-refractivity contribution is 5.87. The second-order valence-corrected chi connectivity index (χ2v) is 13.2. The summed E-state index contributed by atoms with van der Waals surface area (Å²) in [5.41, 5.74) is 7.30. The molecule has 3 amide bonds. The lowest BCUT2D eigenvalue weighted by molar-refractivity contribution is -0.139. The lowest BCUT2D eigenvalue weighted by Gasteiger charge is -2.59. The summed E-state index contributed by atoms with van der Waals surface area (Å²) < 4.78 is 22.8. The molecule has 6 aliphatic heterocycles. The summed E-state index contributed by atoms with van der Waals surface area (Å²) in [6.07, 6.45) is 3.21. The van der Waals surface area contributed by atoms with E-state index in [0.29, 0.717) is 19.7 Å². The van der Waals surface area contributed by atoms with Gasteiger partial charge in [-0.25, -0.2) is 9.18 Å². The van der Waals surface area contributed by atoms with Gasteiger partial charge in [-0.3, -0.25) is 20.0 Å². The van der Waals surface area contributed by atoms with Crippen LogP contribution in [0.4, 0.5) is 9.18 Å². The van der Waals surface area contributed by atoms with Gasteiger partial charge in [0.25, 0.3) is 0 Å². The fourth-order valence-electron chi connectivity index (χ4n) is 8.23. The predicted molar refractivity (Wildman–Crippen MR) is 156 cm³/mol. The van der Waals surface area contributed by atoms with Crippen LogP contribution in [-0.4, -0.2) is 113 Å². The molecular formula is C29H48FN9O3. The molecule has 4 saturated heterocycles. The summed E-state index contributed by atoms with van der Waals surface area (Å²) in [5, 5.41) is 12.4. The van der Waals surface area contributed by atoms with Crippen molar-refractivity contribution in [1.82, 2.24) is 46.6 Å². The van der Waals surface area contributed by atoms with Gasteiger partial charge in [0.15, 0.2) is 0 Å². The SMILES string of the molecule is C=CC(=O)N1C(C)CN(C2NC(=O)N3C4NC(C(F)CC24)N2C=C(CCCOC4CCNC(C(C)C)C43)NN2)CC1C. The Morgan fingerprint density at radius 1 is 1.19 bits per heavy atom. The van der Waals surface area contributed by atoms with E-state index < -0.39 is 18.5 Å². The number of alkyl halides is 1. The minimum Gasteiger partial charge on any atom is -0.376 e. The zero-order valence-corrected chi connectivity index (χ0v) is 25.3. The third kappa shape index (κ3) is 5.27. The monoisotopic (exact) mass is 589 g/mol. The van der Waals surface area contributed by atoms with Crippen molar-refractivity contribution in [2.24, 2.45) is 11.8 Å². The van der Waals surface area contributed by atoms with Crippen molar-refractivity contribution in [3.8, 4) is 0 Å². The molecule has 234 valence electrons. The van der Waals surface area contributed by atoms with Gasteiger partial charge >= 0.3 is 6.03 Å². The zero-order chi connectivity index (χ0) is 29.7. The Bertz CT molecular complexity index is 1060. The number of amides is 3. The van der Waals surface area contributed by atoms with E-state index >= 15 is 4.39 Å². The molecule has 5 N–H and O–H groups in total. The van der Waals surface area contributed by atoms with Gasteiger partial charge in [-0.2, -0.15) is 0 Å². The third-order valence-electron chi connectivity index (χ3n) is 10.0. The van der Waals surface area contributed by atoms with Crippen molar-refractivity contribution in [2.45, 2.75) is 108 Å². The second kappa shape index (κ2) is 11.9. The molecule has 10 unspecified atom stereocenters. The van der Waals surface area contributed by atoms with E-state index in [9.17, 15) is 9.59 Å². The van der Waals surface area contributed by atoms with E-state index in [4.69, 9.17) is 4.74 Å². The van der Waals surface area contributed by atoms with Crippen LogP contribution in [0.2, 0.25) is 0 Å². The van der Waals surface area contributed by atoms with Crippen molar-refractivity contribution >= 4 is 11.9 Å². The lowest BCUT2D eigenvalue weighted by atomic mass is 9.81. The van der Waals surface area contributed by atoms with E-state index in [2.05, 4.69) is 52.2 Å². The molecule has 12 nitrogen and oxygen atoms in total. The predicted octanol–water partition coefficient (Wildman–Crippen LogP) is 0.776. The highest BCUT2D eigenvalue weighted by atomic mass is 19.1. The molecule has 0 aromatic heterocycles. The zero-order valence-electron chi connectivity index (χ0n) is 25.3. The number of fused-ring (bicyclic) bond motifs is 5. The second-order valence-electron chi connectivity index (χ2n) is 13.2. The molecule has 0 radical (unpaired) electrons. The fourth-order valence-corrected chi connectivity index (χ4v) is 8.23. The minimum atomic E-state index is -1.18. The van der Waals surface area contributed by atoms with Crippen molar-refractivity contribution in [3.63, 3.8) is 0 Å². The maximum atomic E-state index is 16.2. The number of piperazine rings is 1. The number of halogens is 1. The number of nitrogens with zero attached hydrogens (tertiary/aromatic N) is 4. The number of hydrogen-bond acceptors (Lipinski definition) is 9. The summed E-state index contributed by atoms with van der Waals surface area (Å²) >= 11 is 0. The maximum Gasteiger partial charge on any atom is 0.320 e. The number of urea groups is 1. The molecular weight excluding hydrogens is 541 g/mol. The topological polar surface area (TPSA) is 116 Å². The van der Waals surface area contributed by atoms with E-state index in [0.717, 1.165) is 31.5 Å². The van der Waals surface area contributed by atoms with Gasteiger partial charge in [0.1, 0.15) is 12.3 Å². The molecule has 4 bridgehead atoms. The Balaban J connectivity index is 1.36. The third-order valence-corrected chi connectivity index (χ3v) is 10.0. The smallest absolute Gasteiger partial charge is 0.320 e. The first-order valence-electron chi connectivity index (χ1n) is 15.7. The van der Waals surface area contributed by atoms with Crippen molar-refractivity contribution in [3.05, 3.63) is 24.6 Å². The van der Waals surface area contributed by atoms with Gasteiger partial charge in [-0.05, 0) is 58.1 Å². The standard InChI is InChI=1S/C29H48FN9O3/c1-6-23(40)38-17(4)13-36(14-18(38)5)26-20-12-21(30)28-32-27(20)39(29(41)33-26)25-22(9-10-31-24(25)16(2)3)42-11-7-8-19-15-37(28)35-34-19/h6,15-18,20-22,24-28,31-32,34-35H,1,7-14H2,2-5H3,(H,33,41).